The summed E-state index contributed by atoms with van der Waals surface area (Å²) in [5.74, 6) is 0.137. The van der Waals surface area contributed by atoms with Crippen molar-refractivity contribution < 1.29 is 5.11 Å². The molecule has 1 radical (unpaired) electrons. The molecule has 0 saturated heterocycles. The van der Waals surface area contributed by atoms with Gasteiger partial charge in [0.1, 0.15) is 10.8 Å². The SMILES string of the molecule is Oc1[c]cc(-c2nc3cc(Cl)ccc3s2)cc1. The van der Waals surface area contributed by atoms with Gasteiger partial charge in [-0.3, -0.25) is 0 Å². The summed E-state index contributed by atoms with van der Waals surface area (Å²) in [5.41, 5.74) is 1.84. The minimum atomic E-state index is 0.137. The zero-order chi connectivity index (χ0) is 11.8. The fourth-order valence-corrected chi connectivity index (χ4v) is 2.68. The van der Waals surface area contributed by atoms with E-state index in [9.17, 15) is 5.11 Å². The maximum Gasteiger partial charge on any atom is 0.124 e. The Morgan fingerprint density at radius 2 is 2.12 bits per heavy atom. The van der Waals surface area contributed by atoms with Crippen molar-refractivity contribution in [3.05, 3.63) is 47.5 Å². The highest BCUT2D eigenvalue weighted by Crippen LogP contribution is 2.31. The second-order valence-corrected chi connectivity index (χ2v) is 5.06. The first-order valence-corrected chi connectivity index (χ1v) is 6.19. The van der Waals surface area contributed by atoms with Crippen molar-refractivity contribution in [2.75, 3.05) is 0 Å². The number of hydrogen-bond donors (Lipinski definition) is 1. The fraction of sp³-hybridized carbons (Fsp3) is 0. The third kappa shape index (κ3) is 1.99. The quantitative estimate of drug-likeness (QED) is 0.714. The fourth-order valence-electron chi connectivity index (χ4n) is 1.57. The van der Waals surface area contributed by atoms with Crippen molar-refractivity contribution >= 4 is 33.2 Å². The van der Waals surface area contributed by atoms with Crippen LogP contribution in [0.4, 0.5) is 0 Å². The molecule has 83 valence electrons. The van der Waals surface area contributed by atoms with Crippen LogP contribution >= 0.6 is 22.9 Å². The first-order valence-electron chi connectivity index (χ1n) is 4.99. The average molecular weight is 261 g/mol. The van der Waals surface area contributed by atoms with Crippen LogP contribution in [0.1, 0.15) is 0 Å². The van der Waals surface area contributed by atoms with Crippen LogP contribution in [-0.4, -0.2) is 10.1 Å². The van der Waals surface area contributed by atoms with E-state index in [1.165, 1.54) is 0 Å². The zero-order valence-corrected chi connectivity index (χ0v) is 10.2. The number of halogens is 1. The van der Waals surface area contributed by atoms with E-state index in [1.54, 1.807) is 23.5 Å². The van der Waals surface area contributed by atoms with Crippen LogP contribution in [0.2, 0.25) is 5.02 Å². The topological polar surface area (TPSA) is 33.1 Å². The predicted octanol–water partition coefficient (Wildman–Crippen LogP) is 4.12. The Kier molecular flexibility index (Phi) is 2.50. The van der Waals surface area contributed by atoms with Gasteiger partial charge in [0.05, 0.1) is 10.2 Å². The number of phenols is 1. The molecule has 1 N–H and O–H groups in total. The lowest BCUT2D eigenvalue weighted by Crippen LogP contribution is -1.75. The normalized spacial score (nSPS) is 10.9. The number of hydrogen-bond acceptors (Lipinski definition) is 3. The highest BCUT2D eigenvalue weighted by atomic mass is 35.5. The molecule has 0 saturated carbocycles. The van der Waals surface area contributed by atoms with E-state index in [-0.39, 0.29) is 5.75 Å². The van der Waals surface area contributed by atoms with Gasteiger partial charge in [0.2, 0.25) is 0 Å². The van der Waals surface area contributed by atoms with E-state index in [4.69, 9.17) is 11.6 Å². The van der Waals surface area contributed by atoms with Gasteiger partial charge in [-0.05, 0) is 36.4 Å². The van der Waals surface area contributed by atoms with Gasteiger partial charge < -0.3 is 5.11 Å². The molecule has 0 amide bonds. The molecule has 2 aromatic carbocycles. The molecule has 2 nitrogen and oxygen atoms in total. The lowest BCUT2D eigenvalue weighted by molar-refractivity contribution is 0.474. The number of aromatic hydroxyl groups is 1. The summed E-state index contributed by atoms with van der Waals surface area (Å²) in [5, 5.41) is 10.8. The Balaban J connectivity index is 2.14. The molecular formula is C13H7ClNOS. The molecule has 0 fully saturated rings. The van der Waals surface area contributed by atoms with Crippen LogP contribution in [0.3, 0.4) is 0 Å². The number of fused-ring (bicyclic) bond motifs is 1. The van der Waals surface area contributed by atoms with Crippen LogP contribution in [-0.2, 0) is 0 Å². The predicted molar refractivity (Wildman–Crippen MR) is 70.6 cm³/mol. The van der Waals surface area contributed by atoms with Gasteiger partial charge in [-0.15, -0.1) is 11.3 Å². The first-order chi connectivity index (χ1) is 8.22. The number of aromatic nitrogens is 1. The van der Waals surface area contributed by atoms with Gasteiger partial charge in [0.15, 0.2) is 0 Å². The number of thiazole rings is 1. The lowest BCUT2D eigenvalue weighted by atomic mass is 10.2. The third-order valence-corrected chi connectivity index (χ3v) is 3.71. The number of phenolic OH excluding ortho intramolecular Hbond substituents is 1. The summed E-state index contributed by atoms with van der Waals surface area (Å²) < 4.78 is 1.09. The molecule has 0 spiro atoms. The Bertz CT molecular complexity index is 675. The number of nitrogens with zero attached hydrogens (tertiary/aromatic N) is 1. The summed E-state index contributed by atoms with van der Waals surface area (Å²) in [6.45, 7) is 0. The molecule has 3 rings (SSSR count). The van der Waals surface area contributed by atoms with Crippen LogP contribution in [0.15, 0.2) is 36.4 Å². The molecule has 1 heterocycles. The maximum atomic E-state index is 9.19. The van der Waals surface area contributed by atoms with Crippen molar-refractivity contribution in [3.8, 4) is 16.3 Å². The second kappa shape index (κ2) is 4.02. The van der Waals surface area contributed by atoms with E-state index in [2.05, 4.69) is 11.1 Å². The molecule has 17 heavy (non-hydrogen) atoms. The van der Waals surface area contributed by atoms with Gasteiger partial charge in [-0.2, -0.15) is 0 Å². The minimum Gasteiger partial charge on any atom is -0.507 e. The van der Waals surface area contributed by atoms with Crippen LogP contribution in [0.25, 0.3) is 20.8 Å². The molecule has 0 aliphatic carbocycles. The molecule has 0 bridgehead atoms. The third-order valence-electron chi connectivity index (χ3n) is 2.39. The molecule has 4 heteroatoms. The largest absolute Gasteiger partial charge is 0.507 e. The van der Waals surface area contributed by atoms with Crippen LogP contribution in [0.5, 0.6) is 5.75 Å². The highest BCUT2D eigenvalue weighted by Gasteiger charge is 2.06. The smallest absolute Gasteiger partial charge is 0.124 e. The number of benzene rings is 2. The molecular weight excluding hydrogens is 254 g/mol. The van der Waals surface area contributed by atoms with E-state index in [0.29, 0.717) is 5.02 Å². The van der Waals surface area contributed by atoms with Crippen LogP contribution in [0, 0.1) is 6.07 Å². The van der Waals surface area contributed by atoms with Crippen LogP contribution < -0.4 is 0 Å². The van der Waals surface area contributed by atoms with Gasteiger partial charge in [0.25, 0.3) is 0 Å². The van der Waals surface area contributed by atoms with E-state index >= 15 is 0 Å². The Hall–Kier alpha value is -1.58. The molecule has 0 unspecified atom stereocenters. The minimum absolute atomic E-state index is 0.137. The standard InChI is InChI=1S/C13H7ClNOS/c14-9-3-6-12-11(7-9)15-13(17-12)8-1-4-10(16)5-2-8/h1-4,6-7,16H. The van der Waals surface area contributed by atoms with E-state index in [0.717, 1.165) is 20.8 Å². The monoisotopic (exact) mass is 260 g/mol. The molecule has 1 aromatic heterocycles. The average Bonchev–Trinajstić information content (AvgIpc) is 2.72. The van der Waals surface area contributed by atoms with Crippen molar-refractivity contribution in [2.24, 2.45) is 0 Å². The summed E-state index contributed by atoms with van der Waals surface area (Å²) in [7, 11) is 0. The highest BCUT2D eigenvalue weighted by molar-refractivity contribution is 7.21. The molecule has 0 aliphatic heterocycles. The zero-order valence-electron chi connectivity index (χ0n) is 8.64. The van der Waals surface area contributed by atoms with E-state index < -0.39 is 0 Å². The Labute approximate surface area is 107 Å². The summed E-state index contributed by atoms with van der Waals surface area (Å²) >= 11 is 7.51. The summed E-state index contributed by atoms with van der Waals surface area (Å²) in [6, 6.07) is 13.6. The Morgan fingerprint density at radius 3 is 2.88 bits per heavy atom. The van der Waals surface area contributed by atoms with Gasteiger partial charge >= 0.3 is 0 Å². The number of rotatable bonds is 1. The van der Waals surface area contributed by atoms with Gasteiger partial charge in [0, 0.05) is 16.7 Å². The van der Waals surface area contributed by atoms with Gasteiger partial charge in [-0.1, -0.05) is 11.6 Å². The van der Waals surface area contributed by atoms with Gasteiger partial charge in [-0.25, -0.2) is 4.98 Å². The van der Waals surface area contributed by atoms with Crippen molar-refractivity contribution in [2.45, 2.75) is 0 Å². The maximum absolute atomic E-state index is 9.19. The second-order valence-electron chi connectivity index (χ2n) is 3.59. The van der Waals surface area contributed by atoms with Crippen molar-refractivity contribution in [3.63, 3.8) is 0 Å². The molecule has 3 aromatic rings. The summed E-state index contributed by atoms with van der Waals surface area (Å²) in [6.07, 6.45) is 0. The summed E-state index contributed by atoms with van der Waals surface area (Å²) in [4.78, 5) is 4.51. The Morgan fingerprint density at radius 1 is 1.24 bits per heavy atom. The van der Waals surface area contributed by atoms with Crippen molar-refractivity contribution in [1.29, 1.82) is 0 Å². The van der Waals surface area contributed by atoms with E-state index in [1.807, 2.05) is 24.3 Å². The van der Waals surface area contributed by atoms with Crippen molar-refractivity contribution in [1.82, 2.24) is 4.98 Å². The lowest BCUT2D eigenvalue weighted by Gasteiger charge is -1.94. The molecule has 0 aliphatic rings. The molecule has 0 atom stereocenters. The first kappa shape index (κ1) is 10.6.